The van der Waals surface area contributed by atoms with Crippen LogP contribution in [-0.4, -0.2) is 16.2 Å². The van der Waals surface area contributed by atoms with Crippen molar-refractivity contribution in [3.05, 3.63) is 58.5 Å². The first kappa shape index (κ1) is 17.0. The molecule has 0 bridgehead atoms. The van der Waals surface area contributed by atoms with Crippen LogP contribution in [0.4, 0.5) is 10.7 Å². The number of nitrogens with one attached hydrogen (secondary N) is 2. The number of thiocarbonyl (C=S) groups is 1. The number of carboxylic acid groups (broad SMARTS) is 1. The molecule has 4 rings (SSSR count). The Morgan fingerprint density at radius 1 is 1.04 bits per heavy atom. The maximum Gasteiger partial charge on any atom is 0.339 e. The normalized spacial score (nSPS) is 13.2. The van der Waals surface area contributed by atoms with Gasteiger partial charge in [0.1, 0.15) is 5.00 Å². The first-order chi connectivity index (χ1) is 12.6. The number of hydrogen-bond acceptors (Lipinski definition) is 3. The maximum atomic E-state index is 11.8. The summed E-state index contributed by atoms with van der Waals surface area (Å²) in [5.74, 6) is -0.889. The van der Waals surface area contributed by atoms with Crippen molar-refractivity contribution in [2.75, 3.05) is 10.6 Å². The zero-order chi connectivity index (χ0) is 18.1. The van der Waals surface area contributed by atoms with Gasteiger partial charge in [-0.25, -0.2) is 4.79 Å². The molecule has 0 saturated heterocycles. The summed E-state index contributed by atoms with van der Waals surface area (Å²) in [6.07, 6.45) is 3.94. The molecule has 1 aliphatic rings. The largest absolute Gasteiger partial charge is 0.478 e. The second kappa shape index (κ2) is 7.05. The molecule has 0 unspecified atom stereocenters. The Hall–Kier alpha value is -2.44. The highest BCUT2D eigenvalue weighted by molar-refractivity contribution is 7.80. The van der Waals surface area contributed by atoms with Crippen molar-refractivity contribution in [3.63, 3.8) is 0 Å². The van der Waals surface area contributed by atoms with Gasteiger partial charge in [0.2, 0.25) is 0 Å². The van der Waals surface area contributed by atoms with E-state index in [1.807, 2.05) is 42.5 Å². The quantitative estimate of drug-likeness (QED) is 0.538. The number of aromatic carboxylic acids is 1. The topological polar surface area (TPSA) is 61.4 Å². The van der Waals surface area contributed by atoms with Crippen LogP contribution in [0.3, 0.4) is 0 Å². The highest BCUT2D eigenvalue weighted by Gasteiger charge is 2.25. The molecule has 0 spiro atoms. The van der Waals surface area contributed by atoms with E-state index in [0.717, 1.165) is 47.7 Å². The van der Waals surface area contributed by atoms with Crippen LogP contribution in [0, 0.1) is 0 Å². The standard InChI is InChI=1S/C20H18N2O2S2/c23-19(24)17-14-9-3-4-11-16(14)26-18(17)22-20(25)21-15-10-5-7-12-6-1-2-8-13(12)15/h1-2,5-8,10H,3-4,9,11H2,(H,23,24)(H2,21,22,25). The SMILES string of the molecule is O=C(O)c1c(NC(=S)Nc2cccc3ccccc23)sc2c1CCCC2. The molecule has 0 saturated carbocycles. The van der Waals surface area contributed by atoms with E-state index in [0.29, 0.717) is 15.7 Å². The van der Waals surface area contributed by atoms with E-state index < -0.39 is 5.97 Å². The Balaban J connectivity index is 1.61. The van der Waals surface area contributed by atoms with Gasteiger partial charge in [0.15, 0.2) is 5.11 Å². The first-order valence-electron chi connectivity index (χ1n) is 8.57. The minimum Gasteiger partial charge on any atom is -0.478 e. The van der Waals surface area contributed by atoms with Gasteiger partial charge in [0.25, 0.3) is 0 Å². The number of benzene rings is 2. The van der Waals surface area contributed by atoms with Crippen molar-refractivity contribution >= 4 is 56.1 Å². The second-order valence-electron chi connectivity index (χ2n) is 6.33. The molecule has 132 valence electrons. The van der Waals surface area contributed by atoms with Crippen LogP contribution in [0.2, 0.25) is 0 Å². The van der Waals surface area contributed by atoms with Crippen LogP contribution in [-0.2, 0) is 12.8 Å². The van der Waals surface area contributed by atoms with E-state index in [-0.39, 0.29) is 0 Å². The summed E-state index contributed by atoms with van der Waals surface area (Å²) in [5.41, 5.74) is 2.26. The third-order valence-corrected chi connectivity index (χ3v) is 6.06. The van der Waals surface area contributed by atoms with Crippen molar-refractivity contribution in [1.82, 2.24) is 0 Å². The molecule has 1 aliphatic carbocycles. The zero-order valence-corrected chi connectivity index (χ0v) is 15.7. The van der Waals surface area contributed by atoms with Crippen molar-refractivity contribution in [1.29, 1.82) is 0 Å². The third kappa shape index (κ3) is 3.18. The van der Waals surface area contributed by atoms with Crippen molar-refractivity contribution < 1.29 is 9.90 Å². The monoisotopic (exact) mass is 382 g/mol. The van der Waals surface area contributed by atoms with Crippen LogP contribution in [0.15, 0.2) is 42.5 Å². The number of fused-ring (bicyclic) bond motifs is 2. The minimum atomic E-state index is -0.889. The molecule has 1 aromatic heterocycles. The van der Waals surface area contributed by atoms with Crippen LogP contribution in [0.25, 0.3) is 10.8 Å². The summed E-state index contributed by atoms with van der Waals surface area (Å²) in [7, 11) is 0. The number of anilines is 2. The van der Waals surface area contributed by atoms with Gasteiger partial charge in [-0.3, -0.25) is 0 Å². The van der Waals surface area contributed by atoms with Gasteiger partial charge < -0.3 is 15.7 Å². The molecular weight excluding hydrogens is 364 g/mol. The number of aryl methyl sites for hydroxylation is 1. The molecule has 3 aromatic rings. The van der Waals surface area contributed by atoms with Crippen molar-refractivity contribution in [2.45, 2.75) is 25.7 Å². The molecule has 1 heterocycles. The highest BCUT2D eigenvalue weighted by atomic mass is 32.1. The van der Waals surface area contributed by atoms with Crippen LogP contribution >= 0.6 is 23.6 Å². The molecule has 2 aromatic carbocycles. The fourth-order valence-corrected chi connectivity index (χ4v) is 5.03. The van der Waals surface area contributed by atoms with E-state index in [4.69, 9.17) is 12.2 Å². The van der Waals surface area contributed by atoms with E-state index in [9.17, 15) is 9.90 Å². The molecule has 4 nitrogen and oxygen atoms in total. The van der Waals surface area contributed by atoms with Crippen molar-refractivity contribution in [2.24, 2.45) is 0 Å². The molecule has 3 N–H and O–H groups in total. The average Bonchev–Trinajstić information content (AvgIpc) is 2.99. The fourth-order valence-electron chi connectivity index (χ4n) is 3.47. The maximum absolute atomic E-state index is 11.8. The lowest BCUT2D eigenvalue weighted by Crippen LogP contribution is -2.20. The number of thiophene rings is 1. The number of carboxylic acids is 1. The Morgan fingerprint density at radius 2 is 1.81 bits per heavy atom. The number of hydrogen-bond donors (Lipinski definition) is 3. The average molecular weight is 383 g/mol. The molecule has 0 amide bonds. The van der Waals surface area contributed by atoms with Gasteiger partial charge in [0, 0.05) is 16.0 Å². The molecule has 0 radical (unpaired) electrons. The van der Waals surface area contributed by atoms with E-state index >= 15 is 0 Å². The molecule has 0 aliphatic heterocycles. The van der Waals surface area contributed by atoms with Crippen molar-refractivity contribution in [3.8, 4) is 0 Å². The van der Waals surface area contributed by atoms with Crippen LogP contribution < -0.4 is 10.6 Å². The number of carbonyl (C=O) groups is 1. The lowest BCUT2D eigenvalue weighted by Gasteiger charge is -2.13. The highest BCUT2D eigenvalue weighted by Crippen LogP contribution is 2.38. The van der Waals surface area contributed by atoms with Gasteiger partial charge >= 0.3 is 5.97 Å². The smallest absolute Gasteiger partial charge is 0.339 e. The van der Waals surface area contributed by atoms with Gasteiger partial charge in [-0.1, -0.05) is 36.4 Å². The van der Waals surface area contributed by atoms with Crippen LogP contribution in [0.5, 0.6) is 0 Å². The lowest BCUT2D eigenvalue weighted by molar-refractivity contribution is 0.0697. The molecule has 6 heteroatoms. The van der Waals surface area contributed by atoms with E-state index in [2.05, 4.69) is 10.6 Å². The summed E-state index contributed by atoms with van der Waals surface area (Å²) < 4.78 is 0. The summed E-state index contributed by atoms with van der Waals surface area (Å²) in [5, 5.41) is 19.2. The third-order valence-electron chi connectivity index (χ3n) is 4.65. The lowest BCUT2D eigenvalue weighted by atomic mass is 9.95. The Morgan fingerprint density at radius 3 is 2.65 bits per heavy atom. The number of rotatable bonds is 3. The van der Waals surface area contributed by atoms with Gasteiger partial charge in [-0.2, -0.15) is 0 Å². The van der Waals surface area contributed by atoms with E-state index in [1.165, 1.54) is 16.2 Å². The predicted octanol–water partition coefficient (Wildman–Crippen LogP) is 5.29. The van der Waals surface area contributed by atoms with Crippen LogP contribution in [0.1, 0.15) is 33.6 Å². The summed E-state index contributed by atoms with van der Waals surface area (Å²) in [4.78, 5) is 12.9. The predicted molar refractivity (Wildman–Crippen MR) is 112 cm³/mol. The second-order valence-corrected chi connectivity index (χ2v) is 7.84. The Kier molecular flexibility index (Phi) is 4.61. The fraction of sp³-hybridized carbons (Fsp3) is 0.200. The van der Waals surface area contributed by atoms with Gasteiger partial charge in [0.05, 0.1) is 5.56 Å². The van der Waals surface area contributed by atoms with E-state index in [1.54, 1.807) is 0 Å². The Bertz CT molecular complexity index is 1000. The zero-order valence-electron chi connectivity index (χ0n) is 14.0. The molecule has 0 atom stereocenters. The summed E-state index contributed by atoms with van der Waals surface area (Å²) in [6.45, 7) is 0. The summed E-state index contributed by atoms with van der Waals surface area (Å²) >= 11 is 6.97. The molecular formula is C20H18N2O2S2. The molecule has 26 heavy (non-hydrogen) atoms. The Labute approximate surface area is 160 Å². The van der Waals surface area contributed by atoms with Gasteiger partial charge in [-0.15, -0.1) is 11.3 Å². The first-order valence-corrected chi connectivity index (χ1v) is 9.79. The van der Waals surface area contributed by atoms with Gasteiger partial charge in [-0.05, 0) is 54.9 Å². The molecule has 0 fully saturated rings. The minimum absolute atomic E-state index is 0.381. The summed E-state index contributed by atoms with van der Waals surface area (Å²) in [6, 6.07) is 14.1.